The SMILES string of the molecule is CCNC(=NCC1CCN(Cc2nc(C)c(C)o2)CC1)N(C)Cc1ccc(F)cc1.I. The Hall–Kier alpha value is -1.68. The van der Waals surface area contributed by atoms with Crippen molar-refractivity contribution in [2.45, 2.75) is 46.7 Å². The van der Waals surface area contributed by atoms with Gasteiger partial charge in [-0.25, -0.2) is 9.37 Å². The molecule has 1 aliphatic rings. The van der Waals surface area contributed by atoms with E-state index in [9.17, 15) is 4.39 Å². The zero-order valence-electron chi connectivity index (χ0n) is 19.0. The third-order valence-electron chi connectivity index (χ3n) is 5.67. The van der Waals surface area contributed by atoms with Crippen molar-refractivity contribution >= 4 is 29.9 Å². The number of guanidine groups is 1. The second kappa shape index (κ2) is 12.4. The highest BCUT2D eigenvalue weighted by atomic mass is 127. The van der Waals surface area contributed by atoms with Crippen molar-refractivity contribution in [1.29, 1.82) is 0 Å². The number of aryl methyl sites for hydroxylation is 2. The first-order chi connectivity index (χ1) is 14.4. The van der Waals surface area contributed by atoms with Gasteiger partial charge in [-0.05, 0) is 70.3 Å². The number of nitrogens with one attached hydrogen (secondary N) is 1. The van der Waals surface area contributed by atoms with Gasteiger partial charge in [0.15, 0.2) is 5.96 Å². The van der Waals surface area contributed by atoms with Crippen LogP contribution in [0.4, 0.5) is 4.39 Å². The number of nitrogens with zero attached hydrogens (tertiary/aromatic N) is 4. The predicted octanol–water partition coefficient (Wildman–Crippen LogP) is 4.36. The van der Waals surface area contributed by atoms with Crippen molar-refractivity contribution < 1.29 is 8.81 Å². The van der Waals surface area contributed by atoms with Gasteiger partial charge in [-0.2, -0.15) is 0 Å². The summed E-state index contributed by atoms with van der Waals surface area (Å²) in [5.74, 6) is 3.01. The predicted molar refractivity (Wildman–Crippen MR) is 133 cm³/mol. The smallest absolute Gasteiger partial charge is 0.208 e. The molecule has 1 aromatic carbocycles. The maximum Gasteiger partial charge on any atom is 0.208 e. The van der Waals surface area contributed by atoms with E-state index in [0.717, 1.165) is 74.4 Å². The molecule has 6 nitrogen and oxygen atoms in total. The van der Waals surface area contributed by atoms with E-state index in [1.165, 1.54) is 12.1 Å². The molecule has 0 spiro atoms. The molecule has 172 valence electrons. The maximum atomic E-state index is 13.1. The molecule has 2 aromatic rings. The molecule has 1 saturated heterocycles. The van der Waals surface area contributed by atoms with E-state index < -0.39 is 0 Å². The number of oxazole rings is 1. The number of aromatic nitrogens is 1. The fourth-order valence-corrected chi connectivity index (χ4v) is 3.75. The lowest BCUT2D eigenvalue weighted by molar-refractivity contribution is 0.166. The molecule has 1 aliphatic heterocycles. The van der Waals surface area contributed by atoms with E-state index in [4.69, 9.17) is 9.41 Å². The molecule has 0 radical (unpaired) electrons. The molecular formula is C23H35FIN5O. The van der Waals surface area contributed by atoms with E-state index in [1.807, 2.05) is 33.0 Å². The fraction of sp³-hybridized carbons (Fsp3) is 0.565. The van der Waals surface area contributed by atoms with E-state index >= 15 is 0 Å². The number of rotatable bonds is 7. The van der Waals surface area contributed by atoms with Gasteiger partial charge in [0.05, 0.1) is 12.2 Å². The summed E-state index contributed by atoms with van der Waals surface area (Å²) in [6.45, 7) is 11.2. The van der Waals surface area contributed by atoms with Crippen LogP contribution in [0.15, 0.2) is 33.7 Å². The second-order valence-corrected chi connectivity index (χ2v) is 8.15. The summed E-state index contributed by atoms with van der Waals surface area (Å²) in [5.41, 5.74) is 2.05. The van der Waals surface area contributed by atoms with Crippen LogP contribution < -0.4 is 5.32 Å². The zero-order chi connectivity index (χ0) is 21.5. The second-order valence-electron chi connectivity index (χ2n) is 8.15. The van der Waals surface area contributed by atoms with Gasteiger partial charge in [-0.3, -0.25) is 9.89 Å². The first-order valence-electron chi connectivity index (χ1n) is 10.8. The lowest BCUT2D eigenvalue weighted by Gasteiger charge is -2.30. The molecule has 0 saturated carbocycles. The highest BCUT2D eigenvalue weighted by Crippen LogP contribution is 2.20. The molecule has 1 N–H and O–H groups in total. The number of piperidine rings is 1. The van der Waals surface area contributed by atoms with Crippen LogP contribution >= 0.6 is 24.0 Å². The van der Waals surface area contributed by atoms with Crippen molar-refractivity contribution in [3.63, 3.8) is 0 Å². The van der Waals surface area contributed by atoms with Crippen molar-refractivity contribution in [3.05, 3.63) is 53.0 Å². The molecule has 1 aromatic heterocycles. The van der Waals surface area contributed by atoms with Crippen LogP contribution in [0.2, 0.25) is 0 Å². The molecule has 3 rings (SSSR count). The Morgan fingerprint density at radius 2 is 1.94 bits per heavy atom. The lowest BCUT2D eigenvalue weighted by atomic mass is 9.97. The average Bonchev–Trinajstić information content (AvgIpc) is 3.04. The van der Waals surface area contributed by atoms with E-state index in [2.05, 4.69) is 27.0 Å². The Morgan fingerprint density at radius 3 is 2.52 bits per heavy atom. The first kappa shape index (κ1) is 25.6. The van der Waals surface area contributed by atoms with Crippen molar-refractivity contribution in [2.75, 3.05) is 33.2 Å². The molecule has 0 unspecified atom stereocenters. The minimum Gasteiger partial charge on any atom is -0.444 e. The lowest BCUT2D eigenvalue weighted by Crippen LogP contribution is -2.39. The number of likely N-dealkylation sites (tertiary alicyclic amines) is 1. The van der Waals surface area contributed by atoms with Crippen molar-refractivity contribution in [3.8, 4) is 0 Å². The Bertz CT molecular complexity index is 811. The summed E-state index contributed by atoms with van der Waals surface area (Å²) >= 11 is 0. The minimum atomic E-state index is -0.207. The summed E-state index contributed by atoms with van der Waals surface area (Å²) in [5, 5.41) is 3.37. The Morgan fingerprint density at radius 1 is 1.26 bits per heavy atom. The van der Waals surface area contributed by atoms with E-state index in [1.54, 1.807) is 0 Å². The van der Waals surface area contributed by atoms with Gasteiger partial charge in [-0.15, -0.1) is 24.0 Å². The van der Waals surface area contributed by atoms with Gasteiger partial charge in [0.25, 0.3) is 0 Å². The molecule has 0 amide bonds. The van der Waals surface area contributed by atoms with Crippen LogP contribution in [0.3, 0.4) is 0 Å². The van der Waals surface area contributed by atoms with Crippen LogP contribution in [0.5, 0.6) is 0 Å². The molecule has 8 heteroatoms. The Kier molecular flexibility index (Phi) is 10.2. The number of hydrogen-bond acceptors (Lipinski definition) is 4. The number of benzene rings is 1. The largest absolute Gasteiger partial charge is 0.444 e. The summed E-state index contributed by atoms with van der Waals surface area (Å²) < 4.78 is 18.9. The average molecular weight is 543 g/mol. The Balaban J connectivity index is 0.00000341. The van der Waals surface area contributed by atoms with Gasteiger partial charge in [0, 0.05) is 26.7 Å². The molecule has 1 fully saturated rings. The summed E-state index contributed by atoms with van der Waals surface area (Å²) in [6.07, 6.45) is 2.26. The van der Waals surface area contributed by atoms with Gasteiger partial charge < -0.3 is 14.6 Å². The quantitative estimate of drug-likeness (QED) is 0.320. The van der Waals surface area contributed by atoms with Gasteiger partial charge in [0.1, 0.15) is 11.6 Å². The Labute approximate surface area is 202 Å². The number of halogens is 2. The van der Waals surface area contributed by atoms with Crippen LogP contribution in [-0.2, 0) is 13.1 Å². The first-order valence-corrected chi connectivity index (χ1v) is 10.8. The molecule has 0 bridgehead atoms. The number of hydrogen-bond donors (Lipinski definition) is 1. The standard InChI is InChI=1S/C23H34FN5O.HI/c1-5-25-23(28(4)15-20-6-8-21(24)9-7-20)26-14-19-10-12-29(13-11-19)16-22-27-17(2)18(3)30-22;/h6-9,19H,5,10-16H2,1-4H3,(H,25,26);1H. The topological polar surface area (TPSA) is 56.9 Å². The molecular weight excluding hydrogens is 508 g/mol. The van der Waals surface area contributed by atoms with Crippen molar-refractivity contribution in [1.82, 2.24) is 20.1 Å². The minimum absolute atomic E-state index is 0. The molecule has 0 aliphatic carbocycles. The fourth-order valence-electron chi connectivity index (χ4n) is 3.75. The van der Waals surface area contributed by atoms with E-state index in [-0.39, 0.29) is 29.8 Å². The van der Waals surface area contributed by atoms with Gasteiger partial charge in [0.2, 0.25) is 5.89 Å². The maximum absolute atomic E-state index is 13.1. The normalized spacial score (nSPS) is 15.6. The number of aliphatic imine (C=N–C) groups is 1. The van der Waals surface area contributed by atoms with Crippen LogP contribution in [0, 0.1) is 25.6 Å². The van der Waals surface area contributed by atoms with Crippen molar-refractivity contribution in [2.24, 2.45) is 10.9 Å². The molecule has 2 heterocycles. The molecule has 0 atom stereocenters. The monoisotopic (exact) mass is 543 g/mol. The van der Waals surface area contributed by atoms with Gasteiger partial charge >= 0.3 is 0 Å². The zero-order valence-corrected chi connectivity index (χ0v) is 21.4. The van der Waals surface area contributed by atoms with Crippen LogP contribution in [-0.4, -0.2) is 54.0 Å². The van der Waals surface area contributed by atoms with E-state index in [0.29, 0.717) is 12.5 Å². The van der Waals surface area contributed by atoms with Gasteiger partial charge in [-0.1, -0.05) is 12.1 Å². The highest BCUT2D eigenvalue weighted by molar-refractivity contribution is 14.0. The van der Waals surface area contributed by atoms with Crippen LogP contribution in [0.25, 0.3) is 0 Å². The van der Waals surface area contributed by atoms with Crippen LogP contribution in [0.1, 0.15) is 42.7 Å². The molecule has 31 heavy (non-hydrogen) atoms. The highest BCUT2D eigenvalue weighted by Gasteiger charge is 2.21. The summed E-state index contributed by atoms with van der Waals surface area (Å²) in [7, 11) is 2.02. The summed E-state index contributed by atoms with van der Waals surface area (Å²) in [6, 6.07) is 6.65. The third kappa shape index (κ3) is 7.75. The third-order valence-corrected chi connectivity index (χ3v) is 5.67. The summed E-state index contributed by atoms with van der Waals surface area (Å²) in [4.78, 5) is 13.9.